The predicted molar refractivity (Wildman–Crippen MR) is 70.1 cm³/mol. The van der Waals surface area contributed by atoms with Gasteiger partial charge in [0.2, 0.25) is 0 Å². The van der Waals surface area contributed by atoms with Crippen LogP contribution in [0.5, 0.6) is 0 Å². The molecule has 2 aromatic rings. The van der Waals surface area contributed by atoms with E-state index >= 15 is 0 Å². The maximum absolute atomic E-state index is 5.58. The molecule has 0 aliphatic rings. The maximum atomic E-state index is 5.58. The molecule has 3 N–H and O–H groups in total. The van der Waals surface area contributed by atoms with Crippen LogP contribution in [0.4, 0.5) is 0 Å². The van der Waals surface area contributed by atoms with Crippen LogP contribution < -0.4 is 11.3 Å². The third-order valence-electron chi connectivity index (χ3n) is 2.48. The molecular weight excluding hydrogens is 280 g/mol. The number of hydrogen-bond donors (Lipinski definition) is 2. The van der Waals surface area contributed by atoms with E-state index in [-0.39, 0.29) is 6.04 Å². The second kappa shape index (κ2) is 5.35. The Kier molecular flexibility index (Phi) is 3.83. The quantitative estimate of drug-likeness (QED) is 0.672. The Hall–Kier alpha value is -1.30. The lowest BCUT2D eigenvalue weighted by Crippen LogP contribution is -2.29. The molecule has 0 amide bonds. The lowest BCUT2D eigenvalue weighted by Gasteiger charge is -2.15. The van der Waals surface area contributed by atoms with Gasteiger partial charge in [0.15, 0.2) is 0 Å². The van der Waals surface area contributed by atoms with E-state index in [9.17, 15) is 0 Å². The molecule has 4 nitrogen and oxygen atoms in total. The second-order valence-corrected chi connectivity index (χ2v) is 4.65. The summed E-state index contributed by atoms with van der Waals surface area (Å²) in [5.74, 6) is 5.58. The normalized spacial score (nSPS) is 12.4. The molecule has 0 radical (unpaired) electrons. The Morgan fingerprint density at radius 3 is 2.53 bits per heavy atom. The zero-order valence-electron chi connectivity index (χ0n) is 9.39. The summed E-state index contributed by atoms with van der Waals surface area (Å²) in [6, 6.07) is 7.67. The van der Waals surface area contributed by atoms with Crippen molar-refractivity contribution in [3.63, 3.8) is 0 Å². The highest BCUT2D eigenvalue weighted by molar-refractivity contribution is 9.10. The fourth-order valence-corrected chi connectivity index (χ4v) is 1.79. The van der Waals surface area contributed by atoms with Crippen molar-refractivity contribution in [2.45, 2.75) is 13.0 Å². The molecule has 0 saturated carbocycles. The van der Waals surface area contributed by atoms with Crippen molar-refractivity contribution >= 4 is 15.9 Å². The van der Waals surface area contributed by atoms with Gasteiger partial charge in [-0.1, -0.05) is 6.07 Å². The number of nitrogens with zero attached hydrogens (tertiary/aromatic N) is 2. The minimum atomic E-state index is -0.142. The van der Waals surface area contributed by atoms with Gasteiger partial charge >= 0.3 is 0 Å². The summed E-state index contributed by atoms with van der Waals surface area (Å²) in [4.78, 5) is 8.59. The van der Waals surface area contributed by atoms with Crippen molar-refractivity contribution in [1.29, 1.82) is 0 Å². The van der Waals surface area contributed by atoms with Gasteiger partial charge in [-0.3, -0.25) is 15.8 Å². The van der Waals surface area contributed by atoms with Crippen molar-refractivity contribution in [3.8, 4) is 0 Å². The van der Waals surface area contributed by atoms with Crippen molar-refractivity contribution in [2.75, 3.05) is 0 Å². The summed E-state index contributed by atoms with van der Waals surface area (Å²) in [6.45, 7) is 1.95. The Bertz CT molecular complexity index is 435. The zero-order valence-corrected chi connectivity index (χ0v) is 11.0. The van der Waals surface area contributed by atoms with Gasteiger partial charge in [-0.25, -0.2) is 5.43 Å². The van der Waals surface area contributed by atoms with Gasteiger partial charge in [0.05, 0.1) is 11.7 Å². The number of hydrogen-bond acceptors (Lipinski definition) is 4. The van der Waals surface area contributed by atoms with Gasteiger partial charge in [-0.05, 0) is 46.6 Å². The fourth-order valence-electron chi connectivity index (χ4n) is 1.56. The Morgan fingerprint density at radius 1 is 1.18 bits per heavy atom. The van der Waals surface area contributed by atoms with Crippen molar-refractivity contribution in [3.05, 3.63) is 58.1 Å². The molecule has 0 aliphatic heterocycles. The largest absolute Gasteiger partial charge is 0.271 e. The lowest BCUT2D eigenvalue weighted by molar-refractivity contribution is 0.618. The van der Waals surface area contributed by atoms with Crippen LogP contribution >= 0.6 is 15.9 Å². The average molecular weight is 293 g/mol. The number of nitrogens with two attached hydrogens (primary N) is 1. The highest BCUT2D eigenvalue weighted by Crippen LogP contribution is 2.20. The van der Waals surface area contributed by atoms with Crippen molar-refractivity contribution in [1.82, 2.24) is 15.4 Å². The van der Waals surface area contributed by atoms with E-state index in [1.807, 2.05) is 37.4 Å². The lowest BCUT2D eigenvalue weighted by atomic mass is 10.1. The molecule has 2 heterocycles. The average Bonchev–Trinajstić information content (AvgIpc) is 2.35. The number of hydrazine groups is 1. The van der Waals surface area contributed by atoms with Gasteiger partial charge in [0.1, 0.15) is 0 Å². The molecule has 0 aliphatic carbocycles. The van der Waals surface area contributed by atoms with Crippen LogP contribution in [-0.4, -0.2) is 9.97 Å². The van der Waals surface area contributed by atoms with Crippen LogP contribution in [0.3, 0.4) is 0 Å². The summed E-state index contributed by atoms with van der Waals surface area (Å²) in [6.07, 6.45) is 3.56. The molecule has 2 aromatic heterocycles. The molecule has 0 aromatic carbocycles. The van der Waals surface area contributed by atoms with Gasteiger partial charge in [0.25, 0.3) is 0 Å². The summed E-state index contributed by atoms with van der Waals surface area (Å²) < 4.78 is 0.944. The number of rotatable bonds is 3. The SMILES string of the molecule is Cc1ccc(C(NN)c2ccc(Br)cn2)cn1. The van der Waals surface area contributed by atoms with E-state index < -0.39 is 0 Å². The topological polar surface area (TPSA) is 63.8 Å². The van der Waals surface area contributed by atoms with Crippen molar-refractivity contribution in [2.24, 2.45) is 5.84 Å². The van der Waals surface area contributed by atoms with Gasteiger partial charge in [-0.15, -0.1) is 0 Å². The predicted octanol–water partition coefficient (Wildman–Crippen LogP) is 2.10. The van der Waals surface area contributed by atoms with E-state index in [1.165, 1.54) is 0 Å². The maximum Gasteiger partial charge on any atom is 0.0896 e. The molecule has 1 unspecified atom stereocenters. The van der Waals surface area contributed by atoms with Crippen LogP contribution in [0.15, 0.2) is 41.1 Å². The molecular formula is C12H13BrN4. The minimum Gasteiger partial charge on any atom is -0.271 e. The Balaban J connectivity index is 2.33. The Morgan fingerprint density at radius 2 is 2.00 bits per heavy atom. The van der Waals surface area contributed by atoms with Crippen LogP contribution in [0, 0.1) is 6.92 Å². The number of aromatic nitrogens is 2. The highest BCUT2D eigenvalue weighted by atomic mass is 79.9. The number of pyridine rings is 2. The van der Waals surface area contributed by atoms with Gasteiger partial charge in [0, 0.05) is 22.6 Å². The van der Waals surface area contributed by atoms with Gasteiger partial charge < -0.3 is 0 Å². The number of halogens is 1. The Labute approximate surface area is 108 Å². The molecule has 0 bridgehead atoms. The van der Waals surface area contributed by atoms with Crippen molar-refractivity contribution < 1.29 is 0 Å². The number of aryl methyl sites for hydroxylation is 1. The first-order chi connectivity index (χ1) is 8.20. The molecule has 5 heteroatoms. The number of nitrogens with one attached hydrogen (secondary N) is 1. The van der Waals surface area contributed by atoms with E-state index in [1.54, 1.807) is 6.20 Å². The smallest absolute Gasteiger partial charge is 0.0896 e. The van der Waals surface area contributed by atoms with E-state index in [2.05, 4.69) is 31.3 Å². The molecule has 0 spiro atoms. The molecule has 17 heavy (non-hydrogen) atoms. The third-order valence-corrected chi connectivity index (χ3v) is 2.95. The first-order valence-corrected chi connectivity index (χ1v) is 6.00. The molecule has 2 rings (SSSR count). The van der Waals surface area contributed by atoms with Crippen LogP contribution in [0.1, 0.15) is 23.0 Å². The zero-order chi connectivity index (χ0) is 12.3. The summed E-state index contributed by atoms with van der Waals surface area (Å²) in [5, 5.41) is 0. The van der Waals surface area contributed by atoms with Crippen LogP contribution in [0.25, 0.3) is 0 Å². The first-order valence-electron chi connectivity index (χ1n) is 5.21. The molecule has 0 saturated heterocycles. The second-order valence-electron chi connectivity index (χ2n) is 3.73. The van der Waals surface area contributed by atoms with Crippen LogP contribution in [-0.2, 0) is 0 Å². The summed E-state index contributed by atoms with van der Waals surface area (Å²) in [7, 11) is 0. The third kappa shape index (κ3) is 2.88. The standard InChI is InChI=1S/C12H13BrN4/c1-8-2-3-9(6-15-8)12(17-14)11-5-4-10(13)7-16-11/h2-7,12,17H,14H2,1H3. The molecule has 1 atom stereocenters. The molecule has 88 valence electrons. The van der Waals surface area contributed by atoms with Gasteiger partial charge in [-0.2, -0.15) is 0 Å². The van der Waals surface area contributed by atoms with E-state index in [0.29, 0.717) is 0 Å². The summed E-state index contributed by atoms with van der Waals surface area (Å²) in [5.41, 5.74) is 5.59. The first kappa shape index (κ1) is 12.2. The van der Waals surface area contributed by atoms with E-state index in [0.717, 1.165) is 21.4 Å². The monoisotopic (exact) mass is 292 g/mol. The highest BCUT2D eigenvalue weighted by Gasteiger charge is 2.13. The summed E-state index contributed by atoms with van der Waals surface area (Å²) >= 11 is 3.36. The minimum absolute atomic E-state index is 0.142. The molecule has 0 fully saturated rings. The fraction of sp³-hybridized carbons (Fsp3) is 0.167. The van der Waals surface area contributed by atoms with Crippen LogP contribution in [0.2, 0.25) is 0 Å². The van der Waals surface area contributed by atoms with E-state index in [4.69, 9.17) is 5.84 Å².